The van der Waals surface area contributed by atoms with Crippen LogP contribution in [0.2, 0.25) is 0 Å². The lowest BCUT2D eigenvalue weighted by atomic mass is 9.92. The van der Waals surface area contributed by atoms with Crippen molar-refractivity contribution in [3.8, 4) is 5.75 Å². The SMILES string of the molecule is Cc1ccc(O)c(CN[C@@H]2CCC(=O)N(C3CC3)[C@H]2c2ccnn2C)n1. The molecule has 2 aromatic heterocycles. The van der Waals surface area contributed by atoms with E-state index < -0.39 is 0 Å². The van der Waals surface area contributed by atoms with Gasteiger partial charge in [0.25, 0.3) is 0 Å². The molecule has 7 heteroatoms. The van der Waals surface area contributed by atoms with E-state index in [4.69, 9.17) is 0 Å². The molecule has 138 valence electrons. The zero-order chi connectivity index (χ0) is 18.3. The van der Waals surface area contributed by atoms with E-state index in [-0.39, 0.29) is 23.7 Å². The molecule has 0 radical (unpaired) electrons. The first-order valence-corrected chi connectivity index (χ1v) is 9.22. The molecule has 0 bridgehead atoms. The van der Waals surface area contributed by atoms with Crippen molar-refractivity contribution in [1.82, 2.24) is 25.0 Å². The number of nitrogens with zero attached hydrogens (tertiary/aromatic N) is 4. The van der Waals surface area contributed by atoms with Gasteiger partial charge in [0, 0.05) is 44.0 Å². The minimum atomic E-state index is -0.0387. The lowest BCUT2D eigenvalue weighted by Crippen LogP contribution is -2.52. The summed E-state index contributed by atoms with van der Waals surface area (Å²) in [6.45, 7) is 2.38. The molecule has 2 aromatic rings. The second kappa shape index (κ2) is 6.72. The maximum Gasteiger partial charge on any atom is 0.223 e. The molecule has 2 aliphatic rings. The predicted molar refractivity (Wildman–Crippen MR) is 96.3 cm³/mol. The van der Waals surface area contributed by atoms with Gasteiger partial charge in [0.2, 0.25) is 5.91 Å². The van der Waals surface area contributed by atoms with Crippen molar-refractivity contribution in [3.05, 3.63) is 41.5 Å². The molecular weight excluding hydrogens is 330 g/mol. The monoisotopic (exact) mass is 355 g/mol. The molecule has 0 unspecified atom stereocenters. The number of rotatable bonds is 5. The summed E-state index contributed by atoms with van der Waals surface area (Å²) in [4.78, 5) is 19.1. The number of pyridine rings is 1. The van der Waals surface area contributed by atoms with Gasteiger partial charge in [-0.3, -0.25) is 14.5 Å². The van der Waals surface area contributed by atoms with E-state index in [9.17, 15) is 9.90 Å². The first kappa shape index (κ1) is 17.0. The van der Waals surface area contributed by atoms with Gasteiger partial charge < -0.3 is 15.3 Å². The normalized spacial score (nSPS) is 23.5. The first-order chi connectivity index (χ1) is 12.5. The molecule has 1 saturated heterocycles. The third kappa shape index (κ3) is 3.19. The molecule has 1 aliphatic carbocycles. The number of amides is 1. The molecule has 2 atom stereocenters. The maximum absolute atomic E-state index is 12.6. The Labute approximate surface area is 153 Å². The van der Waals surface area contributed by atoms with Crippen LogP contribution in [0.5, 0.6) is 5.75 Å². The molecule has 2 fully saturated rings. The van der Waals surface area contributed by atoms with Crippen LogP contribution in [0.1, 0.15) is 48.8 Å². The van der Waals surface area contributed by atoms with E-state index in [1.807, 2.05) is 24.7 Å². The third-order valence-electron chi connectivity index (χ3n) is 5.36. The van der Waals surface area contributed by atoms with Crippen LogP contribution >= 0.6 is 0 Å². The van der Waals surface area contributed by atoms with Crippen LogP contribution in [0.25, 0.3) is 0 Å². The lowest BCUT2D eigenvalue weighted by molar-refractivity contribution is -0.138. The van der Waals surface area contributed by atoms with Gasteiger partial charge in [-0.05, 0) is 44.4 Å². The van der Waals surface area contributed by atoms with Crippen molar-refractivity contribution < 1.29 is 9.90 Å². The molecule has 4 rings (SSSR count). The van der Waals surface area contributed by atoms with Crippen LogP contribution in [0, 0.1) is 6.92 Å². The molecule has 1 aliphatic heterocycles. The summed E-state index contributed by atoms with van der Waals surface area (Å²) in [6, 6.07) is 5.88. The molecule has 0 aromatic carbocycles. The smallest absolute Gasteiger partial charge is 0.223 e. The van der Waals surface area contributed by atoms with Gasteiger partial charge in [-0.1, -0.05) is 0 Å². The summed E-state index contributed by atoms with van der Waals surface area (Å²) in [7, 11) is 1.92. The zero-order valence-corrected chi connectivity index (χ0v) is 15.2. The summed E-state index contributed by atoms with van der Waals surface area (Å²) >= 11 is 0. The predicted octanol–water partition coefficient (Wildman–Crippen LogP) is 1.81. The second-order valence-electron chi connectivity index (χ2n) is 7.30. The number of aromatic nitrogens is 3. The minimum Gasteiger partial charge on any atom is -0.506 e. The Kier molecular flexibility index (Phi) is 4.40. The molecule has 7 nitrogen and oxygen atoms in total. The highest BCUT2D eigenvalue weighted by Gasteiger charge is 2.45. The van der Waals surface area contributed by atoms with Gasteiger partial charge in [-0.25, -0.2) is 0 Å². The molecule has 1 saturated carbocycles. The average molecular weight is 355 g/mol. The molecule has 0 spiro atoms. The molecule has 2 N–H and O–H groups in total. The fraction of sp³-hybridized carbons (Fsp3) is 0.526. The molecule has 3 heterocycles. The van der Waals surface area contributed by atoms with Gasteiger partial charge in [-0.15, -0.1) is 0 Å². The van der Waals surface area contributed by atoms with E-state index in [1.165, 1.54) is 0 Å². The summed E-state index contributed by atoms with van der Waals surface area (Å²) in [5, 5.41) is 17.9. The fourth-order valence-electron chi connectivity index (χ4n) is 3.90. The fourth-order valence-corrected chi connectivity index (χ4v) is 3.90. The van der Waals surface area contributed by atoms with E-state index in [0.29, 0.717) is 24.7 Å². The van der Waals surface area contributed by atoms with Gasteiger partial charge in [0.1, 0.15) is 5.75 Å². The number of aromatic hydroxyl groups is 1. The third-order valence-corrected chi connectivity index (χ3v) is 5.36. The Morgan fingerprint density at radius 1 is 1.27 bits per heavy atom. The topological polar surface area (TPSA) is 83.3 Å². The van der Waals surface area contributed by atoms with Crippen LogP contribution in [-0.4, -0.2) is 42.8 Å². The van der Waals surface area contributed by atoms with E-state index in [2.05, 4.69) is 20.3 Å². The molecule has 26 heavy (non-hydrogen) atoms. The number of nitrogens with one attached hydrogen (secondary N) is 1. The van der Waals surface area contributed by atoms with Gasteiger partial charge in [-0.2, -0.15) is 5.10 Å². The van der Waals surface area contributed by atoms with E-state index in [1.54, 1.807) is 18.3 Å². The van der Waals surface area contributed by atoms with E-state index >= 15 is 0 Å². The summed E-state index contributed by atoms with van der Waals surface area (Å²) in [5.41, 5.74) is 2.56. The standard InChI is InChI=1S/C19H25N5O2/c1-12-3-7-17(25)15(22-12)11-20-14-6-8-18(26)24(13-4-5-13)19(14)16-9-10-21-23(16)2/h3,7,9-10,13-14,19-20,25H,4-6,8,11H2,1-2H3/t14-,19-/m1/s1. The second-order valence-corrected chi connectivity index (χ2v) is 7.30. The van der Waals surface area contributed by atoms with Gasteiger partial charge in [0.05, 0.1) is 17.4 Å². The molecule has 1 amide bonds. The number of carbonyl (C=O) groups is 1. The van der Waals surface area contributed by atoms with Crippen LogP contribution in [0.3, 0.4) is 0 Å². The quantitative estimate of drug-likeness (QED) is 0.855. The van der Waals surface area contributed by atoms with E-state index in [0.717, 1.165) is 30.7 Å². The largest absolute Gasteiger partial charge is 0.506 e. The van der Waals surface area contributed by atoms with Crippen molar-refractivity contribution >= 4 is 5.91 Å². The number of carbonyl (C=O) groups excluding carboxylic acids is 1. The van der Waals surface area contributed by atoms with Crippen molar-refractivity contribution in [2.75, 3.05) is 0 Å². The van der Waals surface area contributed by atoms with Crippen molar-refractivity contribution in [1.29, 1.82) is 0 Å². The van der Waals surface area contributed by atoms with Crippen LogP contribution in [-0.2, 0) is 18.4 Å². The highest BCUT2D eigenvalue weighted by Crippen LogP contribution is 2.40. The maximum atomic E-state index is 12.6. The van der Waals surface area contributed by atoms with Gasteiger partial charge in [0.15, 0.2) is 0 Å². The highest BCUT2D eigenvalue weighted by atomic mass is 16.3. The van der Waals surface area contributed by atoms with Crippen LogP contribution in [0.4, 0.5) is 0 Å². The highest BCUT2D eigenvalue weighted by molar-refractivity contribution is 5.78. The first-order valence-electron chi connectivity index (χ1n) is 9.22. The average Bonchev–Trinajstić information content (AvgIpc) is 3.37. The minimum absolute atomic E-state index is 0.0387. The Balaban J connectivity index is 1.59. The number of hydrogen-bond acceptors (Lipinski definition) is 5. The summed E-state index contributed by atoms with van der Waals surface area (Å²) in [5.74, 6) is 0.430. The van der Waals surface area contributed by atoms with Crippen molar-refractivity contribution in [2.24, 2.45) is 7.05 Å². The summed E-state index contributed by atoms with van der Waals surface area (Å²) < 4.78 is 1.86. The number of likely N-dealkylation sites (tertiary alicyclic amines) is 1. The molecular formula is C19H25N5O2. The van der Waals surface area contributed by atoms with Crippen LogP contribution < -0.4 is 5.32 Å². The number of hydrogen-bond donors (Lipinski definition) is 2. The number of aryl methyl sites for hydroxylation is 2. The van der Waals surface area contributed by atoms with Crippen molar-refractivity contribution in [3.63, 3.8) is 0 Å². The zero-order valence-electron chi connectivity index (χ0n) is 15.2. The Bertz CT molecular complexity index is 814. The summed E-state index contributed by atoms with van der Waals surface area (Å²) in [6.07, 6.45) is 5.25. The number of piperidine rings is 1. The van der Waals surface area contributed by atoms with Crippen molar-refractivity contribution in [2.45, 2.75) is 57.3 Å². The van der Waals surface area contributed by atoms with Gasteiger partial charge >= 0.3 is 0 Å². The Hall–Kier alpha value is -2.41. The van der Waals surface area contributed by atoms with Crippen LogP contribution in [0.15, 0.2) is 24.4 Å². The Morgan fingerprint density at radius 3 is 2.77 bits per heavy atom. The lowest BCUT2D eigenvalue weighted by Gasteiger charge is -2.42. The Morgan fingerprint density at radius 2 is 2.08 bits per heavy atom.